The highest BCUT2D eigenvalue weighted by atomic mass is 35.5. The van der Waals surface area contributed by atoms with Gasteiger partial charge in [0.05, 0.1) is 16.4 Å². The van der Waals surface area contributed by atoms with Gasteiger partial charge in [0.1, 0.15) is 0 Å². The van der Waals surface area contributed by atoms with Gasteiger partial charge in [0, 0.05) is 6.21 Å². The van der Waals surface area contributed by atoms with Crippen molar-refractivity contribution in [2.45, 2.75) is 6.92 Å². The van der Waals surface area contributed by atoms with Gasteiger partial charge in [-0.25, -0.2) is 0 Å². The van der Waals surface area contributed by atoms with Crippen molar-refractivity contribution in [2.24, 2.45) is 10.9 Å². The summed E-state index contributed by atoms with van der Waals surface area (Å²) in [5.74, 6) is -2.04. The molecule has 7 heteroatoms. The van der Waals surface area contributed by atoms with Gasteiger partial charge in [-0.3, -0.25) is 19.5 Å². The molecule has 5 nitrogen and oxygen atoms in total. The number of halogens is 1. The molecule has 25 heavy (non-hydrogen) atoms. The average Bonchev–Trinajstić information content (AvgIpc) is 2.57. The zero-order valence-corrected chi connectivity index (χ0v) is 14.8. The number of rotatable bonds is 3. The fourth-order valence-electron chi connectivity index (χ4n) is 2.37. The van der Waals surface area contributed by atoms with E-state index in [1.165, 1.54) is 11.1 Å². The van der Waals surface area contributed by atoms with Crippen molar-refractivity contribution in [1.82, 2.24) is 5.32 Å². The van der Waals surface area contributed by atoms with E-state index in [2.05, 4.69) is 10.3 Å². The van der Waals surface area contributed by atoms with Crippen LogP contribution in [0.1, 0.15) is 5.56 Å². The molecule has 0 spiro atoms. The lowest BCUT2D eigenvalue weighted by molar-refractivity contribution is -0.130. The van der Waals surface area contributed by atoms with Crippen molar-refractivity contribution < 1.29 is 9.59 Å². The van der Waals surface area contributed by atoms with Gasteiger partial charge in [0.15, 0.2) is 11.0 Å². The van der Waals surface area contributed by atoms with Crippen LogP contribution >= 0.6 is 23.8 Å². The third-order valence-corrected chi connectivity index (χ3v) is 4.31. The SMILES string of the molecule is Cc1ccc(N2C(=O)[C@@H](C=Nc3ccccc3Cl)C(=O)NC2=S)cc1. The van der Waals surface area contributed by atoms with Gasteiger partial charge in [0.2, 0.25) is 5.91 Å². The number of hydrogen-bond acceptors (Lipinski definition) is 4. The average molecular weight is 372 g/mol. The van der Waals surface area contributed by atoms with Gasteiger partial charge >= 0.3 is 0 Å². The first-order chi connectivity index (χ1) is 12.0. The summed E-state index contributed by atoms with van der Waals surface area (Å²) >= 11 is 11.2. The smallest absolute Gasteiger partial charge is 0.251 e. The van der Waals surface area contributed by atoms with Crippen molar-refractivity contribution in [1.29, 1.82) is 0 Å². The van der Waals surface area contributed by atoms with E-state index in [9.17, 15) is 9.59 Å². The number of hydrogen-bond donors (Lipinski definition) is 1. The molecule has 1 aliphatic heterocycles. The zero-order chi connectivity index (χ0) is 18.0. The fraction of sp³-hybridized carbons (Fsp3) is 0.111. The summed E-state index contributed by atoms with van der Waals surface area (Å²) in [6, 6.07) is 14.2. The maximum Gasteiger partial charge on any atom is 0.251 e. The lowest BCUT2D eigenvalue weighted by atomic mass is 10.1. The molecule has 3 rings (SSSR count). The minimum atomic E-state index is -1.08. The number of carbonyl (C=O) groups is 2. The van der Waals surface area contributed by atoms with Crippen molar-refractivity contribution in [3.8, 4) is 0 Å². The summed E-state index contributed by atoms with van der Waals surface area (Å²) in [5.41, 5.74) is 2.14. The molecule has 2 aromatic rings. The van der Waals surface area contributed by atoms with Crippen molar-refractivity contribution >= 4 is 58.3 Å². The Kier molecular flexibility index (Phi) is 4.92. The Bertz CT molecular complexity index is 880. The van der Waals surface area contributed by atoms with Gasteiger partial charge in [-0.2, -0.15) is 0 Å². The number of benzene rings is 2. The number of amides is 2. The summed E-state index contributed by atoms with van der Waals surface area (Å²) in [6.45, 7) is 1.95. The predicted octanol–water partition coefficient (Wildman–Crippen LogP) is 3.41. The number of para-hydroxylation sites is 1. The second-order valence-corrected chi connectivity index (χ2v) is 6.30. The maximum absolute atomic E-state index is 12.8. The molecule has 0 saturated carbocycles. The van der Waals surface area contributed by atoms with Crippen LogP contribution in [0.25, 0.3) is 0 Å². The Morgan fingerprint density at radius 2 is 1.84 bits per heavy atom. The monoisotopic (exact) mass is 371 g/mol. The van der Waals surface area contributed by atoms with E-state index in [1.54, 1.807) is 36.4 Å². The third kappa shape index (κ3) is 3.60. The normalized spacial score (nSPS) is 17.9. The van der Waals surface area contributed by atoms with Gasteiger partial charge < -0.3 is 5.32 Å². The number of anilines is 1. The Morgan fingerprint density at radius 3 is 2.52 bits per heavy atom. The number of carbonyl (C=O) groups excluding carboxylic acids is 2. The van der Waals surface area contributed by atoms with E-state index < -0.39 is 17.7 Å². The lowest BCUT2D eigenvalue weighted by Crippen LogP contribution is -2.58. The Morgan fingerprint density at radius 1 is 1.16 bits per heavy atom. The van der Waals surface area contributed by atoms with Crippen LogP contribution < -0.4 is 10.2 Å². The van der Waals surface area contributed by atoms with Crippen molar-refractivity contribution in [3.05, 3.63) is 59.1 Å². The van der Waals surface area contributed by atoms with E-state index in [0.29, 0.717) is 16.4 Å². The first-order valence-electron chi connectivity index (χ1n) is 7.51. The maximum atomic E-state index is 12.8. The highest BCUT2D eigenvalue weighted by molar-refractivity contribution is 7.80. The minimum Gasteiger partial charge on any atom is -0.301 e. The zero-order valence-electron chi connectivity index (χ0n) is 13.3. The minimum absolute atomic E-state index is 0.0567. The van der Waals surface area contributed by atoms with Crippen LogP contribution in [-0.2, 0) is 9.59 Å². The summed E-state index contributed by atoms with van der Waals surface area (Å²) in [7, 11) is 0. The third-order valence-electron chi connectivity index (χ3n) is 3.71. The highest BCUT2D eigenvalue weighted by Gasteiger charge is 2.38. The summed E-state index contributed by atoms with van der Waals surface area (Å²) in [6.07, 6.45) is 1.29. The Balaban J connectivity index is 1.90. The molecular formula is C18H14ClN3O2S. The predicted molar refractivity (Wildman–Crippen MR) is 102 cm³/mol. The molecule has 1 N–H and O–H groups in total. The number of aryl methyl sites for hydroxylation is 1. The van der Waals surface area contributed by atoms with Crippen LogP contribution in [0.4, 0.5) is 11.4 Å². The van der Waals surface area contributed by atoms with E-state index in [0.717, 1.165) is 5.56 Å². The van der Waals surface area contributed by atoms with E-state index >= 15 is 0 Å². The summed E-state index contributed by atoms with van der Waals surface area (Å²) in [5, 5.41) is 3.04. The summed E-state index contributed by atoms with van der Waals surface area (Å²) < 4.78 is 0. The largest absolute Gasteiger partial charge is 0.301 e. The Hall–Kier alpha value is -2.57. The number of nitrogens with one attached hydrogen (secondary N) is 1. The first-order valence-corrected chi connectivity index (χ1v) is 8.30. The molecule has 1 saturated heterocycles. The molecule has 1 heterocycles. The van der Waals surface area contributed by atoms with E-state index in [1.807, 2.05) is 19.1 Å². The topological polar surface area (TPSA) is 61.8 Å². The molecule has 0 aromatic heterocycles. The first kappa shape index (κ1) is 17.3. The lowest BCUT2D eigenvalue weighted by Gasteiger charge is -2.30. The van der Waals surface area contributed by atoms with Crippen molar-refractivity contribution in [3.63, 3.8) is 0 Å². The molecule has 0 bridgehead atoms. The summed E-state index contributed by atoms with van der Waals surface area (Å²) in [4.78, 5) is 30.5. The van der Waals surface area contributed by atoms with Crippen LogP contribution in [-0.4, -0.2) is 23.1 Å². The van der Waals surface area contributed by atoms with Crippen LogP contribution in [0, 0.1) is 12.8 Å². The van der Waals surface area contributed by atoms with Crippen LogP contribution in [0.2, 0.25) is 5.02 Å². The number of aliphatic imine (C=N–C) groups is 1. The van der Waals surface area contributed by atoms with Gasteiger partial charge in [0.25, 0.3) is 5.91 Å². The van der Waals surface area contributed by atoms with Crippen LogP contribution in [0.3, 0.4) is 0 Å². The highest BCUT2D eigenvalue weighted by Crippen LogP contribution is 2.25. The van der Waals surface area contributed by atoms with Gasteiger partial charge in [-0.05, 0) is 43.4 Å². The van der Waals surface area contributed by atoms with E-state index in [-0.39, 0.29) is 5.11 Å². The molecule has 1 aliphatic rings. The van der Waals surface area contributed by atoms with Gasteiger partial charge in [-0.15, -0.1) is 0 Å². The molecule has 2 amide bonds. The van der Waals surface area contributed by atoms with Crippen molar-refractivity contribution in [2.75, 3.05) is 4.90 Å². The second-order valence-electron chi connectivity index (χ2n) is 5.51. The second kappa shape index (κ2) is 7.13. The molecular weight excluding hydrogens is 358 g/mol. The fourth-order valence-corrected chi connectivity index (χ4v) is 2.85. The molecule has 0 aliphatic carbocycles. The van der Waals surface area contributed by atoms with Crippen LogP contribution in [0.15, 0.2) is 53.5 Å². The van der Waals surface area contributed by atoms with Crippen LogP contribution in [0.5, 0.6) is 0 Å². The molecule has 126 valence electrons. The standard InChI is InChI=1S/C18H14ClN3O2S/c1-11-6-8-12(9-7-11)22-17(24)13(16(23)21-18(22)25)10-20-15-5-3-2-4-14(15)19/h2-10,13H,1H3,(H,21,23,25)/t13-/m0/s1. The van der Waals surface area contributed by atoms with Gasteiger partial charge in [-0.1, -0.05) is 41.4 Å². The molecule has 2 aromatic carbocycles. The molecule has 1 fully saturated rings. The number of thiocarbonyl (C=S) groups is 1. The molecule has 0 radical (unpaired) electrons. The van der Waals surface area contributed by atoms with E-state index in [4.69, 9.17) is 23.8 Å². The Labute approximate surface area is 155 Å². The number of nitrogens with zero attached hydrogens (tertiary/aromatic N) is 2. The molecule has 0 unspecified atom stereocenters. The molecule has 1 atom stereocenters. The quantitative estimate of drug-likeness (QED) is 0.511.